The smallest absolute Gasteiger partial charge is 0.394 e. The number of amides is 1. The van der Waals surface area contributed by atoms with E-state index in [9.17, 15) is 41.0 Å². The first-order valence-electron chi connectivity index (χ1n) is 11.1. The fourth-order valence-electron chi connectivity index (χ4n) is 3.62. The molecule has 1 fully saturated rings. The standard InChI is InChI=1S/C21H24F6N6O4/c22-20(23,24)13-1-2-16(28-9-13)32-4-6-33(7-5-32)17(35)3-8-37-12-14(11-34)30-15-10-29-31-19(36)18(15)21(25,26)27/h1-2,9-10,14,34H,3-8,11-12H2,(H2,30,31,36). The van der Waals surface area contributed by atoms with Crippen molar-refractivity contribution in [1.29, 1.82) is 0 Å². The average Bonchev–Trinajstić information content (AvgIpc) is 2.84. The Hall–Kier alpha value is -3.40. The number of aromatic amines is 1. The van der Waals surface area contributed by atoms with Crippen molar-refractivity contribution in [2.24, 2.45) is 0 Å². The maximum atomic E-state index is 13.1. The van der Waals surface area contributed by atoms with Crippen molar-refractivity contribution < 1.29 is 41.0 Å². The molecule has 1 aliphatic rings. The number of halogens is 6. The van der Waals surface area contributed by atoms with Crippen molar-refractivity contribution in [2.75, 3.05) is 56.2 Å². The Morgan fingerprint density at radius 2 is 1.81 bits per heavy atom. The summed E-state index contributed by atoms with van der Waals surface area (Å²) in [5.74, 6) is 0.127. The van der Waals surface area contributed by atoms with Gasteiger partial charge in [-0.2, -0.15) is 31.4 Å². The SMILES string of the molecule is O=C(CCOCC(CO)Nc1cn[nH]c(=O)c1C(F)(F)F)N1CCN(c2ccc(C(F)(F)F)cn2)CC1. The van der Waals surface area contributed by atoms with Gasteiger partial charge in [0.1, 0.15) is 11.4 Å². The molecule has 0 aliphatic carbocycles. The molecule has 37 heavy (non-hydrogen) atoms. The topological polar surface area (TPSA) is 124 Å². The molecule has 0 spiro atoms. The molecule has 3 rings (SSSR count). The highest BCUT2D eigenvalue weighted by Gasteiger charge is 2.38. The number of aliphatic hydroxyl groups is 1. The van der Waals surface area contributed by atoms with E-state index in [4.69, 9.17) is 4.74 Å². The van der Waals surface area contributed by atoms with Crippen LogP contribution in [0.4, 0.5) is 37.8 Å². The van der Waals surface area contributed by atoms with Crippen LogP contribution in [0.25, 0.3) is 0 Å². The van der Waals surface area contributed by atoms with E-state index in [2.05, 4.69) is 15.4 Å². The number of alkyl halides is 6. The molecule has 3 heterocycles. The van der Waals surface area contributed by atoms with Gasteiger partial charge in [0.2, 0.25) is 5.91 Å². The number of aromatic nitrogens is 3. The number of pyridine rings is 1. The lowest BCUT2D eigenvalue weighted by atomic mass is 10.2. The predicted molar refractivity (Wildman–Crippen MR) is 118 cm³/mol. The van der Waals surface area contributed by atoms with Crippen LogP contribution in [0.15, 0.2) is 29.3 Å². The van der Waals surface area contributed by atoms with E-state index < -0.39 is 47.4 Å². The highest BCUT2D eigenvalue weighted by atomic mass is 19.4. The fourth-order valence-corrected chi connectivity index (χ4v) is 3.62. The van der Waals surface area contributed by atoms with E-state index in [0.717, 1.165) is 18.5 Å². The molecule has 1 amide bonds. The van der Waals surface area contributed by atoms with Crippen LogP contribution in [0.3, 0.4) is 0 Å². The third kappa shape index (κ3) is 7.55. The first-order chi connectivity index (χ1) is 17.4. The van der Waals surface area contributed by atoms with E-state index in [1.54, 1.807) is 14.9 Å². The summed E-state index contributed by atoms with van der Waals surface area (Å²) in [6, 6.07) is 1.22. The summed E-state index contributed by atoms with van der Waals surface area (Å²) in [4.78, 5) is 31.1. The van der Waals surface area contributed by atoms with Gasteiger partial charge in [0.15, 0.2) is 0 Å². The van der Waals surface area contributed by atoms with Gasteiger partial charge >= 0.3 is 12.4 Å². The minimum atomic E-state index is -4.95. The molecule has 2 aromatic heterocycles. The zero-order chi connectivity index (χ0) is 27.2. The first-order valence-corrected chi connectivity index (χ1v) is 11.1. The van der Waals surface area contributed by atoms with Gasteiger partial charge < -0.3 is 25.0 Å². The molecular formula is C21H24F6N6O4. The second kappa shape index (κ2) is 11.8. The number of nitrogens with zero attached hydrogens (tertiary/aromatic N) is 4. The van der Waals surface area contributed by atoms with Crippen LogP contribution in [-0.2, 0) is 21.9 Å². The Bertz CT molecular complexity index is 1100. The fraction of sp³-hybridized carbons (Fsp3) is 0.524. The summed E-state index contributed by atoms with van der Waals surface area (Å²) in [7, 11) is 0. The van der Waals surface area contributed by atoms with Crippen LogP contribution in [0, 0.1) is 0 Å². The van der Waals surface area contributed by atoms with E-state index in [1.165, 1.54) is 6.07 Å². The zero-order valence-corrected chi connectivity index (χ0v) is 19.3. The van der Waals surface area contributed by atoms with Crippen molar-refractivity contribution in [3.63, 3.8) is 0 Å². The molecule has 0 radical (unpaired) electrons. The summed E-state index contributed by atoms with van der Waals surface area (Å²) in [6.07, 6.45) is -7.92. The molecule has 16 heteroatoms. The number of rotatable bonds is 9. The number of carbonyl (C=O) groups is 1. The lowest BCUT2D eigenvalue weighted by Gasteiger charge is -2.35. The van der Waals surface area contributed by atoms with Gasteiger partial charge in [-0.05, 0) is 12.1 Å². The van der Waals surface area contributed by atoms with Crippen LogP contribution < -0.4 is 15.8 Å². The minimum Gasteiger partial charge on any atom is -0.394 e. The summed E-state index contributed by atoms with van der Waals surface area (Å²) in [5.41, 5.74) is -4.38. The third-order valence-corrected chi connectivity index (χ3v) is 5.53. The van der Waals surface area contributed by atoms with Gasteiger partial charge in [0, 0.05) is 32.4 Å². The molecule has 1 atom stereocenters. The van der Waals surface area contributed by atoms with Gasteiger partial charge in [-0.15, -0.1) is 0 Å². The van der Waals surface area contributed by atoms with Crippen molar-refractivity contribution in [1.82, 2.24) is 20.1 Å². The van der Waals surface area contributed by atoms with Crippen LogP contribution >= 0.6 is 0 Å². The molecule has 0 aromatic carbocycles. The zero-order valence-electron chi connectivity index (χ0n) is 19.3. The second-order valence-electron chi connectivity index (χ2n) is 8.10. The second-order valence-corrected chi connectivity index (χ2v) is 8.10. The number of hydrogen-bond acceptors (Lipinski definition) is 8. The normalized spacial score (nSPS) is 15.5. The number of anilines is 2. The number of aliphatic hydroxyl groups excluding tert-OH is 1. The largest absolute Gasteiger partial charge is 0.423 e. The first kappa shape index (κ1) is 28.2. The van der Waals surface area contributed by atoms with Crippen molar-refractivity contribution >= 4 is 17.4 Å². The molecule has 1 saturated heterocycles. The lowest BCUT2D eigenvalue weighted by molar-refractivity contribution is -0.138. The predicted octanol–water partition coefficient (Wildman–Crippen LogP) is 1.73. The Balaban J connectivity index is 1.43. The van der Waals surface area contributed by atoms with E-state index in [-0.39, 0.29) is 25.5 Å². The van der Waals surface area contributed by atoms with Crippen LogP contribution in [0.2, 0.25) is 0 Å². The van der Waals surface area contributed by atoms with Crippen LogP contribution in [0.5, 0.6) is 0 Å². The van der Waals surface area contributed by atoms with Gasteiger partial charge in [-0.1, -0.05) is 0 Å². The Morgan fingerprint density at radius 1 is 1.11 bits per heavy atom. The molecule has 2 aromatic rings. The molecule has 3 N–H and O–H groups in total. The van der Waals surface area contributed by atoms with Gasteiger partial charge in [0.05, 0.1) is 49.7 Å². The minimum absolute atomic E-state index is 0.0307. The van der Waals surface area contributed by atoms with Crippen LogP contribution in [-0.4, -0.2) is 83.1 Å². The van der Waals surface area contributed by atoms with Crippen molar-refractivity contribution in [3.05, 3.63) is 46.0 Å². The number of hydrogen-bond donors (Lipinski definition) is 3. The maximum absolute atomic E-state index is 13.1. The van der Waals surface area contributed by atoms with Crippen LogP contribution in [0.1, 0.15) is 17.5 Å². The van der Waals surface area contributed by atoms with Gasteiger partial charge in [0.25, 0.3) is 5.56 Å². The molecule has 204 valence electrons. The molecule has 1 aliphatic heterocycles. The molecule has 10 nitrogen and oxygen atoms in total. The highest BCUT2D eigenvalue weighted by molar-refractivity contribution is 5.76. The number of piperazine rings is 1. The summed E-state index contributed by atoms with van der Waals surface area (Å²) in [5, 5.41) is 16.9. The molecule has 0 bridgehead atoms. The molecule has 1 unspecified atom stereocenters. The van der Waals surface area contributed by atoms with Gasteiger partial charge in [-0.3, -0.25) is 9.59 Å². The average molecular weight is 538 g/mol. The van der Waals surface area contributed by atoms with Crippen molar-refractivity contribution in [3.8, 4) is 0 Å². The van der Waals surface area contributed by atoms with E-state index >= 15 is 0 Å². The maximum Gasteiger partial charge on any atom is 0.423 e. The quantitative estimate of drug-likeness (QED) is 0.326. The summed E-state index contributed by atoms with van der Waals surface area (Å²) in [6.45, 7) is 0.438. The number of ether oxygens (including phenoxy) is 1. The Labute approximate surface area is 206 Å². The van der Waals surface area contributed by atoms with Gasteiger partial charge in [-0.25, -0.2) is 10.1 Å². The monoisotopic (exact) mass is 538 g/mol. The van der Waals surface area contributed by atoms with E-state index in [0.29, 0.717) is 32.0 Å². The Kier molecular flexibility index (Phi) is 8.96. The lowest BCUT2D eigenvalue weighted by Crippen LogP contribution is -2.49. The number of H-pyrrole nitrogens is 1. The third-order valence-electron chi connectivity index (χ3n) is 5.53. The number of carbonyl (C=O) groups excluding carboxylic acids is 1. The molecular weight excluding hydrogens is 514 g/mol. The summed E-state index contributed by atoms with van der Waals surface area (Å²) >= 11 is 0. The van der Waals surface area contributed by atoms with Crippen molar-refractivity contribution in [2.45, 2.75) is 24.8 Å². The molecule has 0 saturated carbocycles. The summed E-state index contributed by atoms with van der Waals surface area (Å²) < 4.78 is 82.8. The highest BCUT2D eigenvalue weighted by Crippen LogP contribution is 2.32. The van der Waals surface area contributed by atoms with E-state index in [1.807, 2.05) is 0 Å². The Morgan fingerprint density at radius 3 is 2.38 bits per heavy atom. The number of nitrogens with one attached hydrogen (secondary N) is 2.